The van der Waals surface area contributed by atoms with E-state index in [0.717, 1.165) is 4.47 Å². The number of benzene rings is 1. The molecule has 6 nitrogen and oxygen atoms in total. The number of halogens is 1. The number of H-pyrrole nitrogens is 1. The Morgan fingerprint density at radius 1 is 1.33 bits per heavy atom. The van der Waals surface area contributed by atoms with Gasteiger partial charge in [-0.1, -0.05) is 21.1 Å². The second-order valence-electron chi connectivity index (χ2n) is 3.52. The van der Waals surface area contributed by atoms with Crippen LogP contribution in [0.1, 0.15) is 0 Å². The summed E-state index contributed by atoms with van der Waals surface area (Å²) in [6.07, 6.45) is 3.27. The molecule has 2 N–H and O–H groups in total. The van der Waals surface area contributed by atoms with Gasteiger partial charge in [-0.15, -0.1) is 0 Å². The molecule has 0 saturated carbocycles. The molecule has 2 aromatic heterocycles. The van der Waals surface area contributed by atoms with Gasteiger partial charge in [0.25, 0.3) is 5.89 Å². The maximum atomic E-state index is 9.76. The van der Waals surface area contributed by atoms with Crippen LogP contribution in [0.3, 0.4) is 0 Å². The van der Waals surface area contributed by atoms with Crippen LogP contribution in [0.25, 0.3) is 23.1 Å². The molecule has 7 heteroatoms. The minimum Gasteiger partial charge on any atom is -0.507 e. The molecule has 0 aliphatic heterocycles. The van der Waals surface area contributed by atoms with Gasteiger partial charge < -0.3 is 14.6 Å². The van der Waals surface area contributed by atoms with Gasteiger partial charge in [0.05, 0.1) is 5.56 Å². The topological polar surface area (TPSA) is 87.8 Å². The second kappa shape index (κ2) is 4.26. The first-order chi connectivity index (χ1) is 8.74. The number of hydrogen-bond acceptors (Lipinski definition) is 5. The van der Waals surface area contributed by atoms with E-state index in [-0.39, 0.29) is 11.6 Å². The van der Waals surface area contributed by atoms with Crippen LogP contribution in [0.2, 0.25) is 0 Å². The smallest absolute Gasteiger partial charge is 0.262 e. The summed E-state index contributed by atoms with van der Waals surface area (Å²) in [6.45, 7) is 0. The highest BCUT2D eigenvalue weighted by Gasteiger charge is 2.15. The van der Waals surface area contributed by atoms with Gasteiger partial charge in [0, 0.05) is 16.9 Å². The lowest BCUT2D eigenvalue weighted by molar-refractivity contribution is 0.425. The number of phenols is 1. The lowest BCUT2D eigenvalue weighted by atomic mass is 10.2. The molecule has 0 unspecified atom stereocenters. The number of imidazole rings is 1. The Morgan fingerprint density at radius 3 is 3.00 bits per heavy atom. The summed E-state index contributed by atoms with van der Waals surface area (Å²) < 4.78 is 5.92. The van der Waals surface area contributed by atoms with Crippen molar-refractivity contribution >= 4 is 15.9 Å². The van der Waals surface area contributed by atoms with Crippen LogP contribution in [0, 0.1) is 0 Å². The van der Waals surface area contributed by atoms with E-state index in [1.54, 1.807) is 30.6 Å². The predicted molar refractivity (Wildman–Crippen MR) is 66.7 cm³/mol. The lowest BCUT2D eigenvalue weighted by Crippen LogP contribution is -1.83. The molecule has 90 valence electrons. The van der Waals surface area contributed by atoms with E-state index < -0.39 is 0 Å². The van der Waals surface area contributed by atoms with E-state index in [4.69, 9.17) is 4.52 Å². The maximum Gasteiger partial charge on any atom is 0.262 e. The first kappa shape index (κ1) is 11.0. The van der Waals surface area contributed by atoms with Crippen LogP contribution in [0.15, 0.2) is 39.6 Å². The third-order valence-electron chi connectivity index (χ3n) is 2.33. The maximum absolute atomic E-state index is 9.76. The van der Waals surface area contributed by atoms with Gasteiger partial charge in [0.1, 0.15) is 5.75 Å². The van der Waals surface area contributed by atoms with E-state index in [2.05, 4.69) is 36.0 Å². The molecule has 2 heterocycles. The Morgan fingerprint density at radius 2 is 2.22 bits per heavy atom. The Bertz CT molecular complexity index is 678. The monoisotopic (exact) mass is 306 g/mol. The minimum atomic E-state index is 0.0767. The molecule has 0 atom stereocenters. The molecule has 0 spiro atoms. The summed E-state index contributed by atoms with van der Waals surface area (Å²) >= 11 is 3.32. The SMILES string of the molecule is Oc1ccc(Br)cc1-c1nc(-c2ncc[nH]2)no1. The quantitative estimate of drug-likeness (QED) is 0.760. The summed E-state index contributed by atoms with van der Waals surface area (Å²) in [5.41, 5.74) is 0.467. The zero-order valence-corrected chi connectivity index (χ0v) is 10.5. The van der Waals surface area contributed by atoms with Crippen molar-refractivity contribution in [3.63, 3.8) is 0 Å². The van der Waals surface area contributed by atoms with Gasteiger partial charge in [-0.3, -0.25) is 0 Å². The van der Waals surface area contributed by atoms with Gasteiger partial charge >= 0.3 is 0 Å². The summed E-state index contributed by atoms with van der Waals surface area (Å²) in [4.78, 5) is 11.1. The van der Waals surface area contributed by atoms with E-state index in [1.165, 1.54) is 0 Å². The van der Waals surface area contributed by atoms with Crippen LogP contribution in [0.4, 0.5) is 0 Å². The Kier molecular flexibility index (Phi) is 2.60. The van der Waals surface area contributed by atoms with Gasteiger partial charge in [-0.25, -0.2) is 4.98 Å². The molecule has 0 saturated heterocycles. The normalized spacial score (nSPS) is 10.7. The zero-order chi connectivity index (χ0) is 12.5. The average Bonchev–Trinajstić information content (AvgIpc) is 3.00. The van der Waals surface area contributed by atoms with Crippen LogP contribution >= 0.6 is 15.9 Å². The second-order valence-corrected chi connectivity index (χ2v) is 4.44. The lowest BCUT2D eigenvalue weighted by Gasteiger charge is -1.98. The van der Waals surface area contributed by atoms with Crippen LogP contribution in [-0.4, -0.2) is 25.2 Å². The number of phenolic OH excluding ortho intramolecular Hbond substituents is 1. The number of nitrogens with one attached hydrogen (secondary N) is 1. The number of aromatic amines is 1. The van der Waals surface area contributed by atoms with Crippen molar-refractivity contribution < 1.29 is 9.63 Å². The highest BCUT2D eigenvalue weighted by molar-refractivity contribution is 9.10. The third-order valence-corrected chi connectivity index (χ3v) is 2.82. The van der Waals surface area contributed by atoms with Crippen molar-refractivity contribution in [1.29, 1.82) is 0 Å². The van der Waals surface area contributed by atoms with Crippen molar-refractivity contribution in [2.24, 2.45) is 0 Å². The number of hydrogen-bond donors (Lipinski definition) is 2. The van der Waals surface area contributed by atoms with Crippen LogP contribution in [0.5, 0.6) is 5.75 Å². The van der Waals surface area contributed by atoms with Gasteiger partial charge in [0.15, 0.2) is 5.82 Å². The minimum absolute atomic E-state index is 0.0767. The molecular weight excluding hydrogens is 300 g/mol. The van der Waals surface area contributed by atoms with Crippen molar-refractivity contribution in [1.82, 2.24) is 20.1 Å². The van der Waals surface area contributed by atoms with E-state index in [9.17, 15) is 5.11 Å². The Hall–Kier alpha value is -2.15. The molecule has 18 heavy (non-hydrogen) atoms. The largest absolute Gasteiger partial charge is 0.507 e. The molecule has 3 aromatic rings. The van der Waals surface area contributed by atoms with Crippen LogP contribution < -0.4 is 0 Å². The standard InChI is InChI=1S/C11H7BrN4O2/c12-6-1-2-8(17)7(5-6)11-15-10(16-18-11)9-13-3-4-14-9/h1-5,17H,(H,13,14). The van der Waals surface area contributed by atoms with Crippen molar-refractivity contribution in [3.8, 4) is 28.9 Å². The number of rotatable bonds is 2. The molecule has 3 rings (SSSR count). The number of aromatic hydroxyl groups is 1. The third kappa shape index (κ3) is 1.88. The molecule has 0 bridgehead atoms. The summed E-state index contributed by atoms with van der Waals surface area (Å²) in [5, 5.41) is 13.6. The molecule has 0 aliphatic rings. The average molecular weight is 307 g/mol. The van der Waals surface area contributed by atoms with Gasteiger partial charge in [-0.05, 0) is 18.2 Å². The van der Waals surface area contributed by atoms with Crippen LogP contribution in [-0.2, 0) is 0 Å². The van der Waals surface area contributed by atoms with Gasteiger partial charge in [-0.2, -0.15) is 4.98 Å². The van der Waals surface area contributed by atoms with Crippen molar-refractivity contribution in [2.75, 3.05) is 0 Å². The molecular formula is C11H7BrN4O2. The number of nitrogens with zero attached hydrogens (tertiary/aromatic N) is 3. The highest BCUT2D eigenvalue weighted by Crippen LogP contribution is 2.31. The van der Waals surface area contributed by atoms with E-state index in [0.29, 0.717) is 17.2 Å². The Balaban J connectivity index is 2.05. The fourth-order valence-electron chi connectivity index (χ4n) is 1.50. The number of aromatic nitrogens is 4. The molecule has 0 aliphatic carbocycles. The van der Waals surface area contributed by atoms with Gasteiger partial charge in [0.2, 0.25) is 5.82 Å². The van der Waals surface area contributed by atoms with Crippen molar-refractivity contribution in [2.45, 2.75) is 0 Å². The summed E-state index contributed by atoms with van der Waals surface area (Å²) in [7, 11) is 0. The first-order valence-electron chi connectivity index (χ1n) is 5.06. The Labute approximate surface area is 110 Å². The fourth-order valence-corrected chi connectivity index (χ4v) is 1.86. The zero-order valence-electron chi connectivity index (χ0n) is 8.96. The predicted octanol–water partition coefficient (Wildman–Crippen LogP) is 2.59. The van der Waals surface area contributed by atoms with E-state index >= 15 is 0 Å². The van der Waals surface area contributed by atoms with E-state index in [1.807, 2.05) is 0 Å². The molecule has 1 aromatic carbocycles. The summed E-state index contributed by atoms with van der Waals surface area (Å²) in [5.74, 6) is 1.17. The summed E-state index contributed by atoms with van der Waals surface area (Å²) in [6, 6.07) is 4.98. The van der Waals surface area contributed by atoms with Crippen molar-refractivity contribution in [3.05, 3.63) is 35.1 Å². The highest BCUT2D eigenvalue weighted by atomic mass is 79.9. The first-order valence-corrected chi connectivity index (χ1v) is 5.85. The molecule has 0 amide bonds. The molecule has 0 radical (unpaired) electrons. The fraction of sp³-hybridized carbons (Fsp3) is 0. The molecule has 0 fully saturated rings.